The standard InChI is InChI=1S/C35H26N4O17S4.4Na.4H/c40-29-13-23(57(45,46)47)9-19-11-31(59(51,52)53)27(15-25(19)29)38-33(42)17-3-1-5-21(7-17)36-35(44)37-22-6-2-4-18(8-22)34(43)39-28-16-26-20(12-32(28)60(54,55)56)10-24(14-30(26)41)58(48,49)50;;;;;;;;/h1-16,40-41H,(H,38,42)(H,39,43)(H2,36,37,44)(H,45,46,47)(H,48,49,50)(H,51,52,53)(H,54,55,56);;;;;;;;. The van der Waals surface area contributed by atoms with E-state index in [0.29, 0.717) is 12.1 Å². The van der Waals surface area contributed by atoms with E-state index in [0.717, 1.165) is 36.4 Å². The molecule has 0 aliphatic heterocycles. The number of anilines is 4. The van der Waals surface area contributed by atoms with Gasteiger partial charge in [0.15, 0.2) is 0 Å². The molecule has 0 aliphatic carbocycles. The molecule has 6 rings (SSSR count). The van der Waals surface area contributed by atoms with Crippen molar-refractivity contribution in [2.24, 2.45) is 0 Å². The molecule has 6 aromatic rings. The number of aromatic hydroxyl groups is 2. The number of rotatable bonds is 10. The monoisotopic (exact) mass is 998 g/mol. The third kappa shape index (κ3) is 13.7. The van der Waals surface area contributed by atoms with Gasteiger partial charge in [-0.25, -0.2) is 4.79 Å². The topological polar surface area (TPSA) is 357 Å². The van der Waals surface area contributed by atoms with Crippen LogP contribution in [-0.4, -0.2) is 198 Å². The molecule has 64 heavy (non-hydrogen) atoms. The molecular formula is C35H30N4Na4O17S4. The summed E-state index contributed by atoms with van der Waals surface area (Å²) in [6, 6.07) is 15.8. The summed E-state index contributed by atoms with van der Waals surface area (Å²) < 4.78 is 134. The molecule has 29 heteroatoms. The molecule has 0 unspecified atom stereocenters. The zero-order valence-electron chi connectivity index (χ0n) is 29.5. The van der Waals surface area contributed by atoms with E-state index in [1.54, 1.807) is 0 Å². The second-order valence-corrected chi connectivity index (χ2v) is 18.2. The van der Waals surface area contributed by atoms with E-state index in [-0.39, 0.29) is 162 Å². The normalized spacial score (nSPS) is 11.4. The van der Waals surface area contributed by atoms with E-state index in [2.05, 4.69) is 21.3 Å². The summed E-state index contributed by atoms with van der Waals surface area (Å²) in [6.45, 7) is 0. The van der Waals surface area contributed by atoms with Crippen LogP contribution in [0.15, 0.2) is 117 Å². The number of nitrogens with one attached hydrogen (secondary N) is 4. The molecule has 4 amide bonds. The van der Waals surface area contributed by atoms with Crippen molar-refractivity contribution >= 4 is 221 Å². The molecule has 0 spiro atoms. The Bertz CT molecular complexity index is 3110. The number of hydrogen-bond acceptors (Lipinski definition) is 13. The fourth-order valence-corrected chi connectivity index (χ4v) is 8.17. The zero-order valence-corrected chi connectivity index (χ0v) is 32.8. The molecule has 21 nitrogen and oxygen atoms in total. The third-order valence-corrected chi connectivity index (χ3v) is 11.9. The van der Waals surface area contributed by atoms with Gasteiger partial charge in [0, 0.05) is 45.4 Å². The third-order valence-electron chi connectivity index (χ3n) is 8.42. The minimum absolute atomic E-state index is 0. The Labute approximate surface area is 452 Å². The zero-order chi connectivity index (χ0) is 44.1. The van der Waals surface area contributed by atoms with Gasteiger partial charge in [-0.05, 0) is 83.6 Å². The molecule has 0 radical (unpaired) electrons. The molecule has 0 saturated heterocycles. The van der Waals surface area contributed by atoms with Gasteiger partial charge in [0.25, 0.3) is 52.3 Å². The Morgan fingerprint density at radius 2 is 0.766 bits per heavy atom. The second kappa shape index (κ2) is 21.9. The molecule has 0 aliphatic rings. The molecule has 320 valence electrons. The number of phenolic OH excluding ortho intramolecular Hbond substituents is 2. The van der Waals surface area contributed by atoms with Gasteiger partial charge < -0.3 is 31.5 Å². The van der Waals surface area contributed by atoms with Crippen LogP contribution >= 0.6 is 0 Å². The molecule has 10 N–H and O–H groups in total. The summed E-state index contributed by atoms with van der Waals surface area (Å²) in [7, 11) is -19.8. The Hall–Kier alpha value is -2.71. The van der Waals surface area contributed by atoms with Crippen LogP contribution in [0.25, 0.3) is 21.5 Å². The van der Waals surface area contributed by atoms with Crippen LogP contribution in [0.1, 0.15) is 20.7 Å². The van der Waals surface area contributed by atoms with Crippen LogP contribution in [0.3, 0.4) is 0 Å². The number of carbonyl (C=O) groups is 3. The molecule has 0 aromatic heterocycles. The van der Waals surface area contributed by atoms with E-state index in [1.807, 2.05) is 0 Å². The van der Waals surface area contributed by atoms with E-state index in [9.17, 15) is 76.5 Å². The van der Waals surface area contributed by atoms with Gasteiger partial charge in [-0.1, -0.05) is 12.1 Å². The van der Waals surface area contributed by atoms with Gasteiger partial charge in [-0.2, -0.15) is 33.7 Å². The average Bonchev–Trinajstić information content (AvgIpc) is 3.13. The number of phenols is 2. The minimum atomic E-state index is -5.08. The van der Waals surface area contributed by atoms with Crippen molar-refractivity contribution in [3.05, 3.63) is 108 Å². The maximum absolute atomic E-state index is 13.2. The van der Waals surface area contributed by atoms with Crippen LogP contribution in [0.2, 0.25) is 0 Å². The quantitative estimate of drug-likeness (QED) is 0.0692. The fourth-order valence-electron chi connectivity index (χ4n) is 5.77. The first-order valence-electron chi connectivity index (χ1n) is 16.2. The van der Waals surface area contributed by atoms with Gasteiger partial charge in [0.2, 0.25) is 0 Å². The number of hydrogen-bond donors (Lipinski definition) is 10. The van der Waals surface area contributed by atoms with E-state index < -0.39 is 101 Å². The summed E-state index contributed by atoms with van der Waals surface area (Å²) in [4.78, 5) is 36.1. The van der Waals surface area contributed by atoms with Crippen LogP contribution in [-0.2, 0) is 40.5 Å². The predicted octanol–water partition coefficient (Wildman–Crippen LogP) is 1.95. The first-order valence-corrected chi connectivity index (χ1v) is 22.0. The summed E-state index contributed by atoms with van der Waals surface area (Å²) >= 11 is 0. The van der Waals surface area contributed by atoms with Crippen molar-refractivity contribution in [1.29, 1.82) is 0 Å². The molecular weight excluding hydrogens is 969 g/mol. The van der Waals surface area contributed by atoms with E-state index in [4.69, 9.17) is 0 Å². The first-order chi connectivity index (χ1) is 27.8. The number of benzene rings is 6. The number of amides is 4. The van der Waals surface area contributed by atoms with E-state index in [1.165, 1.54) is 48.5 Å². The summed E-state index contributed by atoms with van der Waals surface area (Å²) in [5.74, 6) is -3.39. The summed E-state index contributed by atoms with van der Waals surface area (Å²) in [5.41, 5.74) is -1.37. The fraction of sp³-hybridized carbons (Fsp3) is 0. The molecule has 0 bridgehead atoms. The van der Waals surface area contributed by atoms with Crippen LogP contribution in [0, 0.1) is 0 Å². The second-order valence-electron chi connectivity index (χ2n) is 12.6. The Morgan fingerprint density at radius 3 is 1.08 bits per heavy atom. The molecule has 0 fully saturated rings. The molecule has 0 saturated carbocycles. The van der Waals surface area contributed by atoms with Crippen LogP contribution < -0.4 is 21.3 Å². The van der Waals surface area contributed by atoms with Gasteiger partial charge in [-0.15, -0.1) is 0 Å². The Kier molecular flexibility index (Phi) is 19.7. The van der Waals surface area contributed by atoms with Crippen molar-refractivity contribution < 1.29 is 76.5 Å². The Balaban J connectivity index is 0.00000352. The first kappa shape index (κ1) is 57.4. The van der Waals surface area contributed by atoms with Crippen molar-refractivity contribution in [3.63, 3.8) is 0 Å². The number of urea groups is 1. The van der Waals surface area contributed by atoms with Crippen LogP contribution in [0.5, 0.6) is 11.5 Å². The van der Waals surface area contributed by atoms with Gasteiger partial charge >= 0.3 is 124 Å². The SMILES string of the molecule is O=C(Nc1cccc(C(=O)Nc2cc3c(O)cc(S(=O)(=O)O)cc3cc2S(=O)(=O)O)c1)Nc1cccc(C(=O)Nc2cc3c(O)cc(S(=O)(=O)O)cc3cc2S(=O)(=O)O)c1.[NaH].[NaH].[NaH].[NaH]. The van der Waals surface area contributed by atoms with Crippen molar-refractivity contribution in [2.75, 3.05) is 21.3 Å². The van der Waals surface area contributed by atoms with Crippen molar-refractivity contribution in [2.45, 2.75) is 19.6 Å². The van der Waals surface area contributed by atoms with Crippen molar-refractivity contribution in [3.8, 4) is 11.5 Å². The van der Waals surface area contributed by atoms with Gasteiger partial charge in [0.1, 0.15) is 21.3 Å². The Morgan fingerprint density at radius 1 is 0.422 bits per heavy atom. The molecule has 0 heterocycles. The summed E-state index contributed by atoms with van der Waals surface area (Å²) in [6.07, 6.45) is 0. The van der Waals surface area contributed by atoms with Crippen LogP contribution in [0.4, 0.5) is 27.5 Å². The van der Waals surface area contributed by atoms with Gasteiger partial charge in [-0.3, -0.25) is 27.8 Å². The molecule has 6 aromatic carbocycles. The predicted molar refractivity (Wildman–Crippen MR) is 241 cm³/mol. The average molecular weight is 999 g/mol. The summed E-state index contributed by atoms with van der Waals surface area (Å²) in [5, 5.41) is 29.4. The van der Waals surface area contributed by atoms with E-state index >= 15 is 0 Å². The number of carbonyl (C=O) groups excluding carboxylic acids is 3. The molecule has 0 atom stereocenters. The van der Waals surface area contributed by atoms with Crippen molar-refractivity contribution in [1.82, 2.24) is 0 Å². The number of fused-ring (bicyclic) bond motifs is 2. The van der Waals surface area contributed by atoms with Gasteiger partial charge in [0.05, 0.1) is 21.2 Å². The maximum atomic E-state index is 13.2.